The van der Waals surface area contributed by atoms with Gasteiger partial charge in [0.25, 0.3) is 0 Å². The summed E-state index contributed by atoms with van der Waals surface area (Å²) in [4.78, 5) is 41.6. The second-order valence-electron chi connectivity index (χ2n) is 12.4. The number of hydrogen-bond acceptors (Lipinski definition) is 7. The molecule has 42 heavy (non-hydrogen) atoms. The van der Waals surface area contributed by atoms with E-state index in [0.29, 0.717) is 17.9 Å². The maximum absolute atomic E-state index is 14.2. The number of rotatable bonds is 8. The fourth-order valence-electron chi connectivity index (χ4n) is 6.10. The lowest BCUT2D eigenvalue weighted by atomic mass is 9.75. The van der Waals surface area contributed by atoms with Crippen LogP contribution in [0.5, 0.6) is 0 Å². The number of benzene rings is 1. The van der Waals surface area contributed by atoms with Crippen LogP contribution in [0, 0.1) is 5.92 Å². The summed E-state index contributed by atoms with van der Waals surface area (Å²) >= 11 is 6.20. The molecular weight excluding hydrogens is 554 g/mol. The van der Waals surface area contributed by atoms with Gasteiger partial charge < -0.3 is 30.6 Å². The molecule has 1 aliphatic carbocycles. The summed E-state index contributed by atoms with van der Waals surface area (Å²) in [6, 6.07) is 9.12. The highest BCUT2D eigenvalue weighted by Gasteiger charge is 2.39. The number of carbonyl (C=O) groups excluding carboxylic acids is 2. The van der Waals surface area contributed by atoms with E-state index < -0.39 is 17.6 Å². The van der Waals surface area contributed by atoms with Crippen molar-refractivity contribution in [2.45, 2.75) is 70.1 Å². The molecule has 3 aromatic rings. The van der Waals surface area contributed by atoms with E-state index in [4.69, 9.17) is 16.3 Å². The number of ether oxygens (including phenoxy) is 1. The minimum atomic E-state index is -0.635. The van der Waals surface area contributed by atoms with E-state index in [1.54, 1.807) is 6.33 Å². The van der Waals surface area contributed by atoms with Crippen molar-refractivity contribution in [1.29, 1.82) is 0 Å². The molecule has 5 rings (SSSR count). The van der Waals surface area contributed by atoms with Crippen molar-refractivity contribution >= 4 is 34.6 Å². The van der Waals surface area contributed by atoms with Gasteiger partial charge in [-0.15, -0.1) is 0 Å². The van der Waals surface area contributed by atoms with Gasteiger partial charge >= 0.3 is 6.09 Å². The molecule has 226 valence electrons. The number of piperazine rings is 1. The predicted octanol–water partition coefficient (Wildman–Crippen LogP) is 4.54. The van der Waals surface area contributed by atoms with Crippen molar-refractivity contribution in [2.24, 2.45) is 5.92 Å². The number of H-pyrrole nitrogens is 1. The smallest absolute Gasteiger partial charge is 0.407 e. The van der Waals surface area contributed by atoms with Gasteiger partial charge in [-0.2, -0.15) is 0 Å². The van der Waals surface area contributed by atoms with Crippen molar-refractivity contribution in [3.05, 3.63) is 59.1 Å². The number of nitrogens with zero attached hydrogens (tertiary/aromatic N) is 3. The number of carbonyl (C=O) groups is 2. The molecule has 3 unspecified atom stereocenters. The van der Waals surface area contributed by atoms with Crippen LogP contribution in [0.4, 0.5) is 4.79 Å². The molecule has 10 nitrogen and oxygen atoms in total. The molecular formula is C31H42ClN7O3. The highest BCUT2D eigenvalue weighted by Crippen LogP contribution is 2.38. The Hall–Kier alpha value is -3.21. The molecule has 2 aliphatic rings. The second-order valence-corrected chi connectivity index (χ2v) is 12.8. The quantitative estimate of drug-likeness (QED) is 0.301. The molecule has 2 amide bonds. The van der Waals surface area contributed by atoms with Crippen LogP contribution in [-0.2, 0) is 9.53 Å². The zero-order valence-corrected chi connectivity index (χ0v) is 25.4. The van der Waals surface area contributed by atoms with Crippen molar-refractivity contribution < 1.29 is 14.3 Å². The van der Waals surface area contributed by atoms with E-state index >= 15 is 0 Å². The van der Waals surface area contributed by atoms with Crippen LogP contribution in [0.2, 0.25) is 5.02 Å². The first-order valence-corrected chi connectivity index (χ1v) is 15.3. The lowest BCUT2D eigenvalue weighted by molar-refractivity contribution is -0.127. The van der Waals surface area contributed by atoms with E-state index in [-0.39, 0.29) is 23.9 Å². The largest absolute Gasteiger partial charge is 0.444 e. The number of hydrogen-bond donors (Lipinski definition) is 4. The van der Waals surface area contributed by atoms with E-state index in [1.165, 1.54) is 0 Å². The Labute approximate surface area is 252 Å². The molecule has 3 heterocycles. The Balaban J connectivity index is 1.37. The predicted molar refractivity (Wildman–Crippen MR) is 163 cm³/mol. The number of aromatic nitrogens is 3. The van der Waals surface area contributed by atoms with Crippen LogP contribution in [0.25, 0.3) is 11.0 Å². The third-order valence-corrected chi connectivity index (χ3v) is 8.45. The maximum Gasteiger partial charge on any atom is 0.407 e. The zero-order valence-electron chi connectivity index (χ0n) is 24.7. The van der Waals surface area contributed by atoms with Crippen LogP contribution >= 0.6 is 11.6 Å². The van der Waals surface area contributed by atoms with Gasteiger partial charge in [0, 0.05) is 61.3 Å². The Bertz CT molecular complexity index is 1350. The van der Waals surface area contributed by atoms with Gasteiger partial charge in [0.15, 0.2) is 0 Å². The number of alkyl carbamates (subject to hydrolysis) is 1. The fraction of sp³-hybridized carbons (Fsp3) is 0.548. The first kappa shape index (κ1) is 30.3. The fourth-order valence-corrected chi connectivity index (χ4v) is 6.23. The lowest BCUT2D eigenvalue weighted by Gasteiger charge is -2.37. The Kier molecular flexibility index (Phi) is 9.65. The normalized spacial score (nSPS) is 22.4. The Morgan fingerprint density at radius 3 is 2.62 bits per heavy atom. The number of halogens is 1. The van der Waals surface area contributed by atoms with Gasteiger partial charge in [0.1, 0.15) is 17.6 Å². The second kappa shape index (κ2) is 13.4. The molecule has 2 aromatic heterocycles. The van der Waals surface area contributed by atoms with E-state index in [9.17, 15) is 9.59 Å². The van der Waals surface area contributed by atoms with Crippen LogP contribution < -0.4 is 16.0 Å². The summed E-state index contributed by atoms with van der Waals surface area (Å²) in [6.45, 7) is 10.3. The third kappa shape index (κ3) is 7.79. The van der Waals surface area contributed by atoms with Crippen molar-refractivity contribution in [2.75, 3.05) is 32.7 Å². The first-order valence-electron chi connectivity index (χ1n) is 14.9. The van der Waals surface area contributed by atoms with Crippen molar-refractivity contribution in [3.63, 3.8) is 0 Å². The van der Waals surface area contributed by atoms with Crippen LogP contribution in [0.15, 0.2) is 42.9 Å². The van der Waals surface area contributed by atoms with E-state index in [2.05, 4.69) is 35.8 Å². The summed E-state index contributed by atoms with van der Waals surface area (Å²) in [5.74, 6) is -0.497. The number of aromatic amines is 1. The molecule has 1 aromatic carbocycles. The van der Waals surface area contributed by atoms with Gasteiger partial charge in [-0.05, 0) is 70.2 Å². The van der Waals surface area contributed by atoms with E-state index in [1.807, 2.05) is 57.3 Å². The molecule has 4 atom stereocenters. The standard InChI is InChI=1S/C31H42ClN7O3/c1-31(2,3)42-30(41)38-26-9-6-21(27-23-10-12-34-28(23)36-19-35-27)18-24(26)29(40)37-25(20-4-7-22(32)8-5-20)11-15-39-16-13-33-14-17-39/h4-5,7-8,10,12,19,21,24-26,33H,6,9,11,13-18H2,1-3H3,(H,37,40)(H,38,41)(H,34,35,36)/t21?,24?,25-,26?/m0/s1. The molecule has 2 fully saturated rings. The molecule has 1 saturated carbocycles. The van der Waals surface area contributed by atoms with Crippen LogP contribution in [-0.4, -0.2) is 76.2 Å². The zero-order chi connectivity index (χ0) is 29.7. The minimum Gasteiger partial charge on any atom is -0.444 e. The molecule has 1 aliphatic heterocycles. The highest BCUT2D eigenvalue weighted by atomic mass is 35.5. The Morgan fingerprint density at radius 2 is 1.88 bits per heavy atom. The maximum atomic E-state index is 14.2. The van der Waals surface area contributed by atoms with Crippen LogP contribution in [0.3, 0.4) is 0 Å². The minimum absolute atomic E-state index is 0.0496. The molecule has 0 spiro atoms. The highest BCUT2D eigenvalue weighted by molar-refractivity contribution is 6.30. The monoisotopic (exact) mass is 595 g/mol. The van der Waals surface area contributed by atoms with E-state index in [0.717, 1.165) is 67.9 Å². The summed E-state index contributed by atoms with van der Waals surface area (Å²) < 4.78 is 5.56. The average molecular weight is 596 g/mol. The molecule has 11 heteroatoms. The summed E-state index contributed by atoms with van der Waals surface area (Å²) in [7, 11) is 0. The van der Waals surface area contributed by atoms with Gasteiger partial charge in [-0.3, -0.25) is 4.79 Å². The van der Waals surface area contributed by atoms with Gasteiger partial charge in [0.05, 0.1) is 17.7 Å². The van der Waals surface area contributed by atoms with Gasteiger partial charge in [-0.25, -0.2) is 14.8 Å². The van der Waals surface area contributed by atoms with Gasteiger partial charge in [0.2, 0.25) is 5.91 Å². The van der Waals surface area contributed by atoms with Gasteiger partial charge in [-0.1, -0.05) is 23.7 Å². The number of amides is 2. The number of nitrogens with one attached hydrogen (secondary N) is 4. The SMILES string of the molecule is CC(C)(C)OC(=O)NC1CCC(c2ncnc3[nH]ccc23)CC1C(=O)N[C@@H](CCN1CCNCC1)c1ccc(Cl)cc1. The number of fused-ring (bicyclic) bond motifs is 1. The summed E-state index contributed by atoms with van der Waals surface area (Å²) in [5, 5.41) is 11.4. The molecule has 4 N–H and O–H groups in total. The summed E-state index contributed by atoms with van der Waals surface area (Å²) in [5.41, 5.74) is 2.09. The van der Waals surface area contributed by atoms with Crippen molar-refractivity contribution in [3.8, 4) is 0 Å². The summed E-state index contributed by atoms with van der Waals surface area (Å²) in [6.07, 6.45) is 5.65. The van der Waals surface area contributed by atoms with Crippen molar-refractivity contribution in [1.82, 2.24) is 35.8 Å². The van der Waals surface area contributed by atoms with Crippen LogP contribution in [0.1, 0.15) is 69.7 Å². The molecule has 0 radical (unpaired) electrons. The Morgan fingerprint density at radius 1 is 1.12 bits per heavy atom. The lowest BCUT2D eigenvalue weighted by Crippen LogP contribution is -2.51. The third-order valence-electron chi connectivity index (χ3n) is 8.19. The average Bonchev–Trinajstić information content (AvgIpc) is 3.45. The molecule has 1 saturated heterocycles. The first-order chi connectivity index (χ1) is 20.2. The topological polar surface area (TPSA) is 124 Å². The molecule has 0 bridgehead atoms.